The molecule has 0 aliphatic carbocycles. The van der Waals surface area contributed by atoms with Crippen molar-refractivity contribution in [2.24, 2.45) is 5.92 Å². The number of ether oxygens (including phenoxy) is 1. The van der Waals surface area contributed by atoms with E-state index in [1.165, 1.54) is 4.31 Å². The number of likely N-dealkylation sites (tertiary alicyclic amines) is 1. The molecule has 0 saturated carbocycles. The lowest BCUT2D eigenvalue weighted by molar-refractivity contribution is -0.0502. The summed E-state index contributed by atoms with van der Waals surface area (Å²) in [4.78, 5) is 2.34. The molecule has 140 valence electrons. The van der Waals surface area contributed by atoms with Crippen LogP contribution in [0, 0.1) is 5.92 Å². The molecule has 2 aliphatic heterocycles. The summed E-state index contributed by atoms with van der Waals surface area (Å²) in [6.45, 7) is 7.13. The van der Waals surface area contributed by atoms with Gasteiger partial charge in [-0.15, -0.1) is 0 Å². The van der Waals surface area contributed by atoms with Crippen LogP contribution in [0.4, 0.5) is 4.39 Å². The number of hydrogen-bond acceptors (Lipinski definition) is 4. The van der Waals surface area contributed by atoms with Crippen molar-refractivity contribution >= 4 is 10.0 Å². The molecule has 2 fully saturated rings. The maximum atomic E-state index is 14.5. The normalized spacial score (nSPS) is 22.1. The molecule has 0 radical (unpaired) electrons. The fraction of sp³-hybridized carbons (Fsp3) is 0.667. The number of rotatable bonds is 6. The summed E-state index contributed by atoms with van der Waals surface area (Å²) < 4.78 is 46.6. The first-order valence-corrected chi connectivity index (χ1v) is 10.3. The van der Waals surface area contributed by atoms with Gasteiger partial charge in [0.05, 0.1) is 18.1 Å². The topological polar surface area (TPSA) is 49.9 Å². The Morgan fingerprint density at radius 3 is 2.56 bits per heavy atom. The molecule has 1 aromatic carbocycles. The highest BCUT2D eigenvalue weighted by molar-refractivity contribution is 7.89. The van der Waals surface area contributed by atoms with Gasteiger partial charge in [0.1, 0.15) is 5.67 Å². The predicted molar refractivity (Wildman–Crippen MR) is 94.6 cm³/mol. The van der Waals surface area contributed by atoms with Crippen molar-refractivity contribution in [3.05, 3.63) is 29.8 Å². The van der Waals surface area contributed by atoms with Gasteiger partial charge < -0.3 is 4.74 Å². The fourth-order valence-electron chi connectivity index (χ4n) is 3.73. The van der Waals surface area contributed by atoms with Gasteiger partial charge in [-0.1, -0.05) is 26.0 Å². The van der Waals surface area contributed by atoms with Crippen molar-refractivity contribution in [3.63, 3.8) is 0 Å². The molecule has 2 aliphatic rings. The highest BCUT2D eigenvalue weighted by Gasteiger charge is 2.43. The van der Waals surface area contributed by atoms with Crippen LogP contribution in [0.5, 0.6) is 0 Å². The molecule has 1 aromatic rings. The van der Waals surface area contributed by atoms with Gasteiger partial charge in [-0.05, 0) is 30.0 Å². The van der Waals surface area contributed by atoms with Gasteiger partial charge in [-0.3, -0.25) is 4.90 Å². The van der Waals surface area contributed by atoms with Gasteiger partial charge in [-0.25, -0.2) is 12.8 Å². The molecule has 0 unspecified atom stereocenters. The van der Waals surface area contributed by atoms with Crippen molar-refractivity contribution < 1.29 is 17.5 Å². The van der Waals surface area contributed by atoms with Crippen LogP contribution in [0.1, 0.15) is 25.8 Å². The molecule has 3 rings (SSSR count). The van der Waals surface area contributed by atoms with E-state index in [4.69, 9.17) is 4.74 Å². The zero-order valence-electron chi connectivity index (χ0n) is 14.9. The molecular formula is C18H27FN2O3S. The molecule has 0 bridgehead atoms. The first kappa shape index (κ1) is 18.8. The Morgan fingerprint density at radius 2 is 1.92 bits per heavy atom. The van der Waals surface area contributed by atoms with Gasteiger partial charge in [0.2, 0.25) is 10.0 Å². The van der Waals surface area contributed by atoms with Crippen molar-refractivity contribution in [2.45, 2.75) is 37.4 Å². The van der Waals surface area contributed by atoms with E-state index >= 15 is 0 Å². The van der Waals surface area contributed by atoms with Crippen LogP contribution in [0.3, 0.4) is 0 Å². The summed E-state index contributed by atoms with van der Waals surface area (Å²) in [6.07, 6.45) is 0.578. The highest BCUT2D eigenvalue weighted by atomic mass is 32.2. The summed E-state index contributed by atoms with van der Waals surface area (Å²) >= 11 is 0. The maximum Gasteiger partial charge on any atom is 0.243 e. The first-order chi connectivity index (χ1) is 11.8. The standard InChI is InChI=1S/C18H27FN2O3S/c1-15(2)11-18(19)13-20(14-18)12-16-4-3-5-17(10-16)25(22,23)21-6-8-24-9-7-21/h3-5,10,15H,6-9,11-14H2,1-2H3. The molecule has 7 heteroatoms. The molecule has 0 amide bonds. The lowest BCUT2D eigenvalue weighted by Gasteiger charge is -2.45. The summed E-state index contributed by atoms with van der Waals surface area (Å²) in [5.74, 6) is 0.342. The second-order valence-electron chi connectivity index (χ2n) is 7.56. The van der Waals surface area contributed by atoms with E-state index < -0.39 is 15.7 Å². The van der Waals surface area contributed by atoms with Crippen LogP contribution in [-0.4, -0.2) is 62.7 Å². The Kier molecular flexibility index (Phi) is 5.48. The minimum atomic E-state index is -3.49. The van der Waals surface area contributed by atoms with E-state index in [2.05, 4.69) is 0 Å². The summed E-state index contributed by atoms with van der Waals surface area (Å²) in [6, 6.07) is 7.01. The lowest BCUT2D eigenvalue weighted by atomic mass is 9.87. The summed E-state index contributed by atoms with van der Waals surface area (Å²) in [5.41, 5.74) is -0.188. The average Bonchev–Trinajstić information content (AvgIpc) is 2.54. The van der Waals surface area contributed by atoms with E-state index in [0.717, 1.165) is 5.56 Å². The summed E-state index contributed by atoms with van der Waals surface area (Å²) in [5, 5.41) is 0. The van der Waals surface area contributed by atoms with Crippen molar-refractivity contribution in [1.82, 2.24) is 9.21 Å². The van der Waals surface area contributed by atoms with Crippen LogP contribution >= 0.6 is 0 Å². The molecule has 2 heterocycles. The van der Waals surface area contributed by atoms with E-state index in [0.29, 0.717) is 63.2 Å². The number of alkyl halides is 1. The number of morpholine rings is 1. The molecule has 5 nitrogen and oxygen atoms in total. The highest BCUT2D eigenvalue weighted by Crippen LogP contribution is 2.33. The van der Waals surface area contributed by atoms with Gasteiger partial charge in [0, 0.05) is 32.7 Å². The molecule has 25 heavy (non-hydrogen) atoms. The van der Waals surface area contributed by atoms with Gasteiger partial charge in [0.15, 0.2) is 0 Å². The Hall–Kier alpha value is -1.02. The van der Waals surface area contributed by atoms with Crippen LogP contribution in [0.2, 0.25) is 0 Å². The van der Waals surface area contributed by atoms with Crippen LogP contribution < -0.4 is 0 Å². The van der Waals surface area contributed by atoms with E-state index in [9.17, 15) is 12.8 Å². The SMILES string of the molecule is CC(C)CC1(F)CN(Cc2cccc(S(=O)(=O)N3CCOCC3)c2)C1. The second-order valence-corrected chi connectivity index (χ2v) is 9.50. The maximum absolute atomic E-state index is 14.5. The van der Waals surface area contributed by atoms with Gasteiger partial charge in [-0.2, -0.15) is 4.31 Å². The second kappa shape index (κ2) is 7.31. The third-order valence-electron chi connectivity index (χ3n) is 4.70. The Bertz CT molecular complexity index is 696. The fourth-order valence-corrected chi connectivity index (χ4v) is 5.21. The minimum Gasteiger partial charge on any atom is -0.379 e. The Labute approximate surface area is 149 Å². The number of hydrogen-bond donors (Lipinski definition) is 0. The molecule has 0 atom stereocenters. The quantitative estimate of drug-likeness (QED) is 0.771. The monoisotopic (exact) mass is 370 g/mol. The number of benzene rings is 1. The predicted octanol–water partition coefficient (Wildman–Crippen LogP) is 2.28. The number of sulfonamides is 1. The third kappa shape index (κ3) is 4.39. The third-order valence-corrected chi connectivity index (χ3v) is 6.60. The van der Waals surface area contributed by atoms with Crippen molar-refractivity contribution in [2.75, 3.05) is 39.4 Å². The van der Waals surface area contributed by atoms with E-state index in [1.54, 1.807) is 18.2 Å². The molecule has 0 aromatic heterocycles. The van der Waals surface area contributed by atoms with Gasteiger partial charge in [0.25, 0.3) is 0 Å². The lowest BCUT2D eigenvalue weighted by Crippen LogP contribution is -2.58. The Morgan fingerprint density at radius 1 is 1.24 bits per heavy atom. The Balaban J connectivity index is 1.64. The molecule has 2 saturated heterocycles. The smallest absolute Gasteiger partial charge is 0.243 e. The zero-order valence-corrected chi connectivity index (χ0v) is 15.8. The first-order valence-electron chi connectivity index (χ1n) is 8.87. The molecule has 0 spiro atoms. The van der Waals surface area contributed by atoms with Crippen molar-refractivity contribution in [3.8, 4) is 0 Å². The number of halogens is 1. The van der Waals surface area contributed by atoms with Crippen LogP contribution in [0.15, 0.2) is 29.2 Å². The molecular weight excluding hydrogens is 343 g/mol. The van der Waals surface area contributed by atoms with Gasteiger partial charge >= 0.3 is 0 Å². The average molecular weight is 370 g/mol. The van der Waals surface area contributed by atoms with E-state index in [1.807, 2.05) is 24.8 Å². The number of nitrogens with zero attached hydrogens (tertiary/aromatic N) is 2. The zero-order chi connectivity index (χ0) is 18.1. The molecule has 0 N–H and O–H groups in total. The van der Waals surface area contributed by atoms with Crippen molar-refractivity contribution in [1.29, 1.82) is 0 Å². The van der Waals surface area contributed by atoms with E-state index in [-0.39, 0.29) is 0 Å². The van der Waals surface area contributed by atoms with Crippen LogP contribution in [0.25, 0.3) is 0 Å². The minimum absolute atomic E-state index is 0.307. The summed E-state index contributed by atoms with van der Waals surface area (Å²) in [7, 11) is -3.49. The van der Waals surface area contributed by atoms with Crippen LogP contribution in [-0.2, 0) is 21.3 Å². The largest absolute Gasteiger partial charge is 0.379 e.